The molecular weight excluding hydrogens is 883 g/mol. The second kappa shape index (κ2) is 20.4. The molecule has 4 aliphatic rings. The van der Waals surface area contributed by atoms with Crippen LogP contribution in [0.3, 0.4) is 0 Å². The van der Waals surface area contributed by atoms with E-state index in [0.29, 0.717) is 60.0 Å². The van der Waals surface area contributed by atoms with Crippen molar-refractivity contribution in [3.05, 3.63) is 124 Å². The number of piperazine rings is 1. The third-order valence-corrected chi connectivity index (χ3v) is 14.2. The lowest BCUT2D eigenvalue weighted by Gasteiger charge is -2.40. The fourth-order valence-corrected chi connectivity index (χ4v) is 10.6. The van der Waals surface area contributed by atoms with Gasteiger partial charge in [-0.2, -0.15) is 4.98 Å². The number of imide groups is 1. The van der Waals surface area contributed by atoms with Crippen LogP contribution in [0, 0.1) is 18.6 Å². The van der Waals surface area contributed by atoms with Crippen molar-refractivity contribution < 1.29 is 32.7 Å². The van der Waals surface area contributed by atoms with Crippen molar-refractivity contribution >= 4 is 40.5 Å². The average Bonchev–Trinajstić information content (AvgIpc) is 3.67. The maximum Gasteiger partial charge on any atom is 0.355 e. The first-order valence-electron chi connectivity index (χ1n) is 24.2. The van der Waals surface area contributed by atoms with E-state index in [1.807, 2.05) is 55.1 Å². The summed E-state index contributed by atoms with van der Waals surface area (Å²) < 4.78 is 39.2. The van der Waals surface area contributed by atoms with E-state index in [1.165, 1.54) is 27.7 Å². The SMILES string of the molecule is C=CC(=O)N1CCN(c2nc(=O)n(-c3ccccc3C)c3nc(-c4ccccc4OCCCCCCCN4CCC(c5cc(F)cc6c5CN(C5CCC(=O)NC5=O)C6=O)CC4)c(F)cc23)[C@@H](C)C1. The largest absolute Gasteiger partial charge is 0.493 e. The van der Waals surface area contributed by atoms with Crippen molar-refractivity contribution in [1.29, 1.82) is 0 Å². The Hall–Kier alpha value is -6.81. The predicted molar refractivity (Wildman–Crippen MR) is 258 cm³/mol. The number of para-hydroxylation sites is 2. The molecule has 14 nitrogen and oxygen atoms in total. The van der Waals surface area contributed by atoms with E-state index in [2.05, 4.69) is 21.8 Å². The Kier molecular flexibility index (Phi) is 14.0. The summed E-state index contributed by atoms with van der Waals surface area (Å²) >= 11 is 0. The smallest absolute Gasteiger partial charge is 0.355 e. The first-order valence-corrected chi connectivity index (χ1v) is 24.2. The number of benzene rings is 3. The lowest BCUT2D eigenvalue weighted by atomic mass is 9.85. The molecule has 3 saturated heterocycles. The van der Waals surface area contributed by atoms with Gasteiger partial charge in [0.05, 0.1) is 17.7 Å². The van der Waals surface area contributed by atoms with E-state index < -0.39 is 29.3 Å². The molecule has 2 aromatic heterocycles. The molecule has 4 amide bonds. The Bertz CT molecular complexity index is 2880. The van der Waals surface area contributed by atoms with Crippen LogP contribution in [0.5, 0.6) is 5.75 Å². The zero-order valence-corrected chi connectivity index (χ0v) is 39.2. The zero-order chi connectivity index (χ0) is 48.3. The fourth-order valence-electron chi connectivity index (χ4n) is 10.6. The first kappa shape index (κ1) is 47.3. The highest BCUT2D eigenvalue weighted by Crippen LogP contribution is 2.39. The number of hydrogen-bond donors (Lipinski definition) is 1. The number of carbonyl (C=O) groups is 4. The van der Waals surface area contributed by atoms with Crippen LogP contribution in [0.1, 0.15) is 97.7 Å². The predicted octanol–water partition coefficient (Wildman–Crippen LogP) is 7.23. The van der Waals surface area contributed by atoms with Crippen LogP contribution in [0.25, 0.3) is 28.0 Å². The van der Waals surface area contributed by atoms with Crippen molar-refractivity contribution in [2.24, 2.45) is 0 Å². The molecule has 9 rings (SSSR count). The number of piperidine rings is 2. The number of unbranched alkanes of at least 4 members (excludes halogenated alkanes) is 4. The van der Waals surface area contributed by atoms with Crippen LogP contribution in [0.15, 0.2) is 84.2 Å². The highest BCUT2D eigenvalue weighted by molar-refractivity contribution is 6.05. The van der Waals surface area contributed by atoms with Crippen molar-refractivity contribution in [3.8, 4) is 22.7 Å². The third kappa shape index (κ3) is 9.76. The van der Waals surface area contributed by atoms with E-state index in [0.717, 1.165) is 81.3 Å². The van der Waals surface area contributed by atoms with Crippen molar-refractivity contribution in [3.63, 3.8) is 0 Å². The van der Waals surface area contributed by atoms with Gasteiger partial charge in [0.25, 0.3) is 5.91 Å². The maximum atomic E-state index is 16.6. The van der Waals surface area contributed by atoms with Gasteiger partial charge in [-0.3, -0.25) is 24.5 Å². The Morgan fingerprint density at radius 3 is 2.39 bits per heavy atom. The molecule has 360 valence electrons. The summed E-state index contributed by atoms with van der Waals surface area (Å²) in [4.78, 5) is 81.1. The van der Waals surface area contributed by atoms with Crippen LogP contribution in [-0.4, -0.2) is 111 Å². The number of pyridine rings is 1. The van der Waals surface area contributed by atoms with Crippen molar-refractivity contribution in [2.45, 2.75) is 96.2 Å². The lowest BCUT2D eigenvalue weighted by Crippen LogP contribution is -2.54. The van der Waals surface area contributed by atoms with Gasteiger partial charge >= 0.3 is 5.69 Å². The minimum atomic E-state index is -0.737. The number of nitrogens with one attached hydrogen (secondary N) is 1. The molecule has 1 unspecified atom stereocenters. The molecule has 69 heavy (non-hydrogen) atoms. The van der Waals surface area contributed by atoms with Gasteiger partial charge in [0.2, 0.25) is 17.7 Å². The molecule has 0 spiro atoms. The highest BCUT2D eigenvalue weighted by Gasteiger charge is 2.41. The zero-order valence-electron chi connectivity index (χ0n) is 39.2. The van der Waals surface area contributed by atoms with E-state index in [1.54, 1.807) is 23.1 Å². The monoisotopic (exact) mass is 940 g/mol. The van der Waals surface area contributed by atoms with E-state index in [-0.39, 0.29) is 60.4 Å². The second-order valence-corrected chi connectivity index (χ2v) is 18.7. The van der Waals surface area contributed by atoms with E-state index in [4.69, 9.17) is 9.72 Å². The summed E-state index contributed by atoms with van der Waals surface area (Å²) in [7, 11) is 0. The number of aryl methyl sites for hydroxylation is 1. The average molecular weight is 941 g/mol. The molecule has 3 fully saturated rings. The maximum absolute atomic E-state index is 16.6. The standard InChI is InChI=1S/C53H58F2N8O6/c1-4-47(65)60-25-26-61(34(3)31-60)49-40-30-42(55)48(57-50(40)63(53(68)58-49)43-16-10-8-14-33(43)2)37-15-9-11-17-45(37)69-27-13-7-5-6-12-22-59-23-20-35(21-24-59)38-28-36(54)29-39-41(38)32-62(52(39)67)44-18-19-46(64)56-51(44)66/h4,8-11,14-17,28-30,34-35,44H,1,5-7,12-13,18-27,31-32H2,2-3H3,(H,56,64,66)/t34-,44?/m0/s1. The fraction of sp³-hybridized carbons (Fsp3) is 0.415. The molecule has 6 heterocycles. The molecule has 0 saturated carbocycles. The van der Waals surface area contributed by atoms with Crippen molar-refractivity contribution in [2.75, 3.05) is 50.8 Å². The topological polar surface area (TPSA) is 150 Å². The molecule has 2 atom stereocenters. The van der Waals surface area contributed by atoms with Gasteiger partial charge < -0.3 is 24.3 Å². The van der Waals surface area contributed by atoms with E-state index in [9.17, 15) is 28.4 Å². The number of ether oxygens (including phenoxy) is 1. The number of aromatic nitrogens is 3. The summed E-state index contributed by atoms with van der Waals surface area (Å²) in [6, 6.07) is 17.9. The number of anilines is 1. The van der Waals surface area contributed by atoms with Gasteiger partial charge in [-0.25, -0.2) is 23.1 Å². The lowest BCUT2D eigenvalue weighted by molar-refractivity contribution is -0.137. The van der Waals surface area contributed by atoms with Gasteiger partial charge in [0.1, 0.15) is 29.1 Å². The molecule has 3 aromatic carbocycles. The minimum absolute atomic E-state index is 0.0573. The second-order valence-electron chi connectivity index (χ2n) is 18.7. The molecule has 4 aliphatic heterocycles. The molecule has 5 aromatic rings. The highest BCUT2D eigenvalue weighted by atomic mass is 19.1. The number of halogens is 2. The summed E-state index contributed by atoms with van der Waals surface area (Å²) in [6.45, 7) is 12.0. The minimum Gasteiger partial charge on any atom is -0.493 e. The van der Waals surface area contributed by atoms with Gasteiger partial charge in [0, 0.05) is 49.8 Å². The number of amides is 4. The quantitative estimate of drug-likeness (QED) is 0.0648. The van der Waals surface area contributed by atoms with E-state index >= 15 is 4.39 Å². The molecule has 1 N–H and O–H groups in total. The molecular formula is C53H58F2N8O6. The normalized spacial score (nSPS) is 19.0. The van der Waals surface area contributed by atoms with Crippen LogP contribution in [0.2, 0.25) is 0 Å². The Morgan fingerprint density at radius 1 is 0.870 bits per heavy atom. The van der Waals surface area contributed by atoms with Gasteiger partial charge in [-0.05, 0) is 131 Å². The third-order valence-electron chi connectivity index (χ3n) is 14.2. The molecule has 16 heteroatoms. The Labute approximate surface area is 400 Å². The molecule has 0 aliphatic carbocycles. The van der Waals surface area contributed by atoms with Crippen LogP contribution in [-0.2, 0) is 20.9 Å². The van der Waals surface area contributed by atoms with Gasteiger partial charge in [0.15, 0.2) is 11.5 Å². The number of carbonyl (C=O) groups excluding carboxylic acids is 4. The summed E-state index contributed by atoms with van der Waals surface area (Å²) in [6.07, 6.45) is 8.31. The summed E-state index contributed by atoms with van der Waals surface area (Å²) in [5.41, 5.74) is 3.63. The van der Waals surface area contributed by atoms with Crippen LogP contribution < -0.4 is 20.6 Å². The first-order chi connectivity index (χ1) is 33.4. The summed E-state index contributed by atoms with van der Waals surface area (Å²) in [5, 5.41) is 2.71. The summed E-state index contributed by atoms with van der Waals surface area (Å²) in [5.74, 6) is -1.46. The van der Waals surface area contributed by atoms with Gasteiger partial charge in [-0.15, -0.1) is 0 Å². The van der Waals surface area contributed by atoms with Crippen LogP contribution >= 0.6 is 0 Å². The number of fused-ring (bicyclic) bond motifs is 2. The number of likely N-dealkylation sites (tertiary alicyclic amines) is 1. The number of rotatable bonds is 15. The van der Waals surface area contributed by atoms with Crippen molar-refractivity contribution in [1.82, 2.24) is 34.6 Å². The Morgan fingerprint density at radius 2 is 1.62 bits per heavy atom. The Balaban J connectivity index is 0.796. The molecule has 0 radical (unpaired) electrons. The number of hydrogen-bond acceptors (Lipinski definition) is 10. The van der Waals surface area contributed by atoms with Gasteiger partial charge in [-0.1, -0.05) is 56.2 Å². The number of nitrogens with zero attached hydrogens (tertiary/aromatic N) is 7. The molecule has 0 bridgehead atoms. The van der Waals surface area contributed by atoms with Crippen LogP contribution in [0.4, 0.5) is 14.6 Å².